The highest BCUT2D eigenvalue weighted by Gasteiger charge is 2.48. The van der Waals surface area contributed by atoms with Gasteiger partial charge in [-0.25, -0.2) is 0 Å². The lowest BCUT2D eigenvalue weighted by Crippen LogP contribution is -2.36. The van der Waals surface area contributed by atoms with Crippen LogP contribution >= 0.6 is 0 Å². The molecule has 174 valence electrons. The second-order valence-corrected chi connectivity index (χ2v) is 7.87. The number of ketones is 1. The first kappa shape index (κ1) is 22.7. The largest absolute Gasteiger partial charge is 0.506 e. The SMILES string of the molecule is COc1ccccc1C1/C(=C(\O)c2c(OC)cccc2OC)C(=O)C(=O)N1CC1CCCO1. The van der Waals surface area contributed by atoms with Gasteiger partial charge in [-0.3, -0.25) is 9.59 Å². The van der Waals surface area contributed by atoms with Gasteiger partial charge in [-0.05, 0) is 31.0 Å². The second-order valence-electron chi connectivity index (χ2n) is 7.87. The van der Waals surface area contributed by atoms with Gasteiger partial charge in [-0.15, -0.1) is 0 Å². The van der Waals surface area contributed by atoms with Crippen LogP contribution in [0.5, 0.6) is 17.2 Å². The molecule has 1 amide bonds. The fourth-order valence-electron chi connectivity index (χ4n) is 4.51. The van der Waals surface area contributed by atoms with Crippen molar-refractivity contribution in [2.45, 2.75) is 25.0 Å². The van der Waals surface area contributed by atoms with Gasteiger partial charge in [-0.2, -0.15) is 0 Å². The molecule has 2 aromatic carbocycles. The third-order valence-corrected chi connectivity index (χ3v) is 6.06. The van der Waals surface area contributed by atoms with Gasteiger partial charge in [0.2, 0.25) is 0 Å². The lowest BCUT2D eigenvalue weighted by Gasteiger charge is -2.28. The van der Waals surface area contributed by atoms with E-state index in [0.717, 1.165) is 12.8 Å². The molecule has 2 aliphatic rings. The molecule has 2 unspecified atom stereocenters. The summed E-state index contributed by atoms with van der Waals surface area (Å²) in [6, 6.07) is 11.3. The molecular formula is C25H27NO7. The monoisotopic (exact) mass is 453 g/mol. The number of para-hydroxylation sites is 1. The summed E-state index contributed by atoms with van der Waals surface area (Å²) in [7, 11) is 4.44. The highest BCUT2D eigenvalue weighted by atomic mass is 16.5. The van der Waals surface area contributed by atoms with Crippen molar-refractivity contribution in [3.63, 3.8) is 0 Å². The standard InChI is InChI=1S/C25H27NO7/c1-30-17-10-5-4-9-16(17)22-21(23(27)20-18(31-2)11-6-12-19(20)32-3)24(28)25(29)26(22)14-15-8-7-13-33-15/h4-6,9-12,15,22,27H,7-8,13-14H2,1-3H3/b23-21+. The van der Waals surface area contributed by atoms with E-state index >= 15 is 0 Å². The smallest absolute Gasteiger partial charge is 0.295 e. The van der Waals surface area contributed by atoms with E-state index in [4.69, 9.17) is 18.9 Å². The van der Waals surface area contributed by atoms with E-state index in [2.05, 4.69) is 0 Å². The summed E-state index contributed by atoms with van der Waals surface area (Å²) < 4.78 is 22.1. The lowest BCUT2D eigenvalue weighted by molar-refractivity contribution is -0.140. The normalized spacial score (nSPS) is 22.0. The molecule has 2 heterocycles. The van der Waals surface area contributed by atoms with Crippen LogP contribution in [-0.2, 0) is 14.3 Å². The molecule has 4 rings (SSSR count). The molecule has 0 bridgehead atoms. The predicted molar refractivity (Wildman–Crippen MR) is 121 cm³/mol. The number of Topliss-reactive ketones (excluding diaryl/α,β-unsaturated/α-hetero) is 1. The summed E-state index contributed by atoms with van der Waals surface area (Å²) in [4.78, 5) is 28.0. The van der Waals surface area contributed by atoms with Crippen LogP contribution in [0.1, 0.15) is 30.0 Å². The van der Waals surface area contributed by atoms with E-state index in [1.807, 2.05) is 0 Å². The number of methoxy groups -OCH3 is 3. The Morgan fingerprint density at radius 1 is 1.00 bits per heavy atom. The molecular weight excluding hydrogens is 426 g/mol. The number of amides is 1. The van der Waals surface area contributed by atoms with Crippen molar-refractivity contribution in [2.24, 2.45) is 0 Å². The van der Waals surface area contributed by atoms with Crippen molar-refractivity contribution >= 4 is 17.4 Å². The molecule has 2 saturated heterocycles. The second kappa shape index (κ2) is 9.54. The molecule has 8 heteroatoms. The summed E-state index contributed by atoms with van der Waals surface area (Å²) in [6.07, 6.45) is 1.51. The van der Waals surface area contributed by atoms with Gasteiger partial charge in [0.05, 0.1) is 39.0 Å². The van der Waals surface area contributed by atoms with Crippen LogP contribution in [0.2, 0.25) is 0 Å². The molecule has 2 aromatic rings. The van der Waals surface area contributed by atoms with Crippen molar-refractivity contribution in [2.75, 3.05) is 34.5 Å². The number of aliphatic hydroxyl groups excluding tert-OH is 1. The Hall–Kier alpha value is -3.52. The van der Waals surface area contributed by atoms with E-state index in [1.165, 1.54) is 26.2 Å². The number of hydrogen-bond acceptors (Lipinski definition) is 7. The van der Waals surface area contributed by atoms with E-state index in [-0.39, 0.29) is 29.5 Å². The van der Waals surface area contributed by atoms with Crippen molar-refractivity contribution in [3.05, 3.63) is 59.2 Å². The van der Waals surface area contributed by atoms with Crippen LogP contribution < -0.4 is 14.2 Å². The number of rotatable bonds is 7. The first-order valence-electron chi connectivity index (χ1n) is 10.8. The zero-order valence-corrected chi connectivity index (χ0v) is 18.9. The minimum absolute atomic E-state index is 0.0507. The predicted octanol–water partition coefficient (Wildman–Crippen LogP) is 3.31. The van der Waals surface area contributed by atoms with Crippen molar-refractivity contribution < 1.29 is 33.6 Å². The van der Waals surface area contributed by atoms with E-state index in [1.54, 1.807) is 42.5 Å². The lowest BCUT2D eigenvalue weighted by atomic mass is 9.94. The third-order valence-electron chi connectivity index (χ3n) is 6.06. The van der Waals surface area contributed by atoms with Crippen molar-refractivity contribution in [1.82, 2.24) is 4.90 Å². The number of carbonyl (C=O) groups is 2. The fourth-order valence-corrected chi connectivity index (χ4v) is 4.51. The average Bonchev–Trinajstić information content (AvgIpc) is 3.45. The Morgan fingerprint density at radius 2 is 1.64 bits per heavy atom. The number of aliphatic hydroxyl groups is 1. The quantitative estimate of drug-likeness (QED) is 0.390. The Kier molecular flexibility index (Phi) is 6.55. The van der Waals surface area contributed by atoms with E-state index in [9.17, 15) is 14.7 Å². The minimum Gasteiger partial charge on any atom is -0.506 e. The highest BCUT2D eigenvalue weighted by Crippen LogP contribution is 2.45. The zero-order chi connectivity index (χ0) is 23.5. The average molecular weight is 453 g/mol. The summed E-state index contributed by atoms with van der Waals surface area (Å²) in [6.45, 7) is 0.847. The maximum Gasteiger partial charge on any atom is 0.295 e. The van der Waals surface area contributed by atoms with Gasteiger partial charge < -0.3 is 29.0 Å². The Balaban J connectivity index is 1.93. The number of carbonyl (C=O) groups excluding carboxylic acids is 2. The van der Waals surface area contributed by atoms with Crippen LogP contribution in [0.25, 0.3) is 5.76 Å². The summed E-state index contributed by atoms with van der Waals surface area (Å²) >= 11 is 0. The number of likely N-dealkylation sites (tertiary alicyclic amines) is 1. The van der Waals surface area contributed by atoms with Gasteiger partial charge >= 0.3 is 0 Å². The molecule has 0 saturated carbocycles. The van der Waals surface area contributed by atoms with Crippen LogP contribution in [-0.4, -0.2) is 62.3 Å². The molecule has 0 aliphatic carbocycles. The molecule has 8 nitrogen and oxygen atoms in total. The number of hydrogen-bond donors (Lipinski definition) is 1. The number of ether oxygens (including phenoxy) is 4. The van der Waals surface area contributed by atoms with Crippen LogP contribution in [0, 0.1) is 0 Å². The molecule has 2 fully saturated rings. The topological polar surface area (TPSA) is 94.5 Å². The molecule has 1 N–H and O–H groups in total. The van der Waals surface area contributed by atoms with Gasteiger partial charge in [-0.1, -0.05) is 24.3 Å². The number of nitrogens with zero attached hydrogens (tertiary/aromatic N) is 1. The van der Waals surface area contributed by atoms with Gasteiger partial charge in [0.1, 0.15) is 28.6 Å². The van der Waals surface area contributed by atoms with Crippen LogP contribution in [0.3, 0.4) is 0 Å². The maximum atomic E-state index is 13.3. The Bertz CT molecular complexity index is 1070. The van der Waals surface area contributed by atoms with Crippen LogP contribution in [0.15, 0.2) is 48.0 Å². The van der Waals surface area contributed by atoms with E-state index < -0.39 is 17.7 Å². The first-order chi connectivity index (χ1) is 16.0. The molecule has 2 atom stereocenters. The van der Waals surface area contributed by atoms with Gasteiger partial charge in [0, 0.05) is 18.7 Å². The molecule has 0 radical (unpaired) electrons. The maximum absolute atomic E-state index is 13.3. The molecule has 33 heavy (non-hydrogen) atoms. The van der Waals surface area contributed by atoms with Crippen molar-refractivity contribution in [1.29, 1.82) is 0 Å². The molecule has 2 aliphatic heterocycles. The Labute approximate surface area is 192 Å². The third kappa shape index (κ3) is 4.02. The van der Waals surface area contributed by atoms with Crippen molar-refractivity contribution in [3.8, 4) is 17.2 Å². The Morgan fingerprint density at radius 3 is 2.24 bits per heavy atom. The van der Waals surface area contributed by atoms with Gasteiger partial charge in [0.25, 0.3) is 11.7 Å². The zero-order valence-electron chi connectivity index (χ0n) is 18.9. The minimum atomic E-state index is -0.861. The van der Waals surface area contributed by atoms with Gasteiger partial charge in [0.15, 0.2) is 0 Å². The highest BCUT2D eigenvalue weighted by molar-refractivity contribution is 6.46. The molecule has 0 spiro atoms. The fraction of sp³-hybridized carbons (Fsp3) is 0.360. The summed E-state index contributed by atoms with van der Waals surface area (Å²) in [5.41, 5.74) is 0.746. The summed E-state index contributed by atoms with van der Waals surface area (Å²) in [5.74, 6) is -0.717. The first-order valence-corrected chi connectivity index (χ1v) is 10.8. The van der Waals surface area contributed by atoms with E-state index in [0.29, 0.717) is 29.4 Å². The molecule has 0 aromatic heterocycles. The van der Waals surface area contributed by atoms with Crippen LogP contribution in [0.4, 0.5) is 0 Å². The number of benzene rings is 2. The summed E-state index contributed by atoms with van der Waals surface area (Å²) in [5, 5.41) is 11.5.